The number of hydrogen-bond donors (Lipinski definition) is 2. The van der Waals surface area contributed by atoms with E-state index in [0.717, 1.165) is 0 Å². The quantitative estimate of drug-likeness (QED) is 0.751. The third kappa shape index (κ3) is 2.09. The molecule has 80 valence electrons. The maximum absolute atomic E-state index is 10.7. The molecule has 15 heavy (non-hydrogen) atoms. The number of aromatic nitrogens is 1. The van der Waals surface area contributed by atoms with E-state index in [1.54, 1.807) is 10.8 Å². The van der Waals surface area contributed by atoms with Gasteiger partial charge in [-0.3, -0.25) is 0 Å². The van der Waals surface area contributed by atoms with Gasteiger partial charge in [0.25, 0.3) is 0 Å². The van der Waals surface area contributed by atoms with E-state index < -0.39 is 12.1 Å². The second-order valence-electron chi connectivity index (χ2n) is 3.31. The molecular weight excluding hydrogens is 200 g/mol. The molecule has 1 aromatic rings. The molecule has 0 saturated carbocycles. The molecule has 2 rings (SSSR count). The third-order valence-electron chi connectivity index (χ3n) is 2.16. The Labute approximate surface area is 85.5 Å². The Morgan fingerprint density at radius 2 is 2.53 bits per heavy atom. The summed E-state index contributed by atoms with van der Waals surface area (Å²) >= 11 is 0. The summed E-state index contributed by atoms with van der Waals surface area (Å²) in [5, 5.41) is 11.2. The molecule has 1 unspecified atom stereocenters. The minimum Gasteiger partial charge on any atom is -0.478 e. The number of nitrogens with one attached hydrogen (secondary N) is 1. The normalized spacial score (nSPS) is 19.7. The topological polar surface area (TPSA) is 80.6 Å². The van der Waals surface area contributed by atoms with Gasteiger partial charge < -0.3 is 19.7 Å². The van der Waals surface area contributed by atoms with E-state index in [2.05, 4.69) is 5.32 Å². The van der Waals surface area contributed by atoms with Crippen molar-refractivity contribution in [1.82, 2.24) is 9.88 Å². The summed E-state index contributed by atoms with van der Waals surface area (Å²) in [6.07, 6.45) is 2.50. The zero-order valence-corrected chi connectivity index (χ0v) is 7.84. The summed E-state index contributed by atoms with van der Waals surface area (Å²) in [7, 11) is 0. The van der Waals surface area contributed by atoms with Crippen LogP contribution < -0.4 is 5.32 Å². The average molecular weight is 210 g/mol. The molecule has 0 aromatic carbocycles. The highest BCUT2D eigenvalue weighted by atomic mass is 16.6. The van der Waals surface area contributed by atoms with E-state index in [1.165, 1.54) is 12.3 Å². The van der Waals surface area contributed by atoms with Crippen molar-refractivity contribution >= 4 is 12.1 Å². The predicted octanol–water partition coefficient (Wildman–Crippen LogP) is 0.295. The van der Waals surface area contributed by atoms with Gasteiger partial charge in [-0.25, -0.2) is 9.59 Å². The fourth-order valence-corrected chi connectivity index (χ4v) is 1.45. The van der Waals surface area contributed by atoms with Crippen LogP contribution in [-0.2, 0) is 11.3 Å². The number of carboxylic acids is 1. The van der Waals surface area contributed by atoms with E-state index in [-0.39, 0.29) is 11.7 Å². The van der Waals surface area contributed by atoms with E-state index in [9.17, 15) is 9.59 Å². The van der Waals surface area contributed by atoms with Gasteiger partial charge in [-0.1, -0.05) is 0 Å². The fourth-order valence-electron chi connectivity index (χ4n) is 1.45. The molecule has 0 aliphatic carbocycles. The number of alkyl carbamates (subject to hydrolysis) is 1. The van der Waals surface area contributed by atoms with Gasteiger partial charge in [0, 0.05) is 12.4 Å². The number of ether oxygens (including phenoxy) is 1. The van der Waals surface area contributed by atoms with Gasteiger partial charge in [0.15, 0.2) is 0 Å². The number of carbonyl (C=O) groups is 2. The maximum atomic E-state index is 10.7. The summed E-state index contributed by atoms with van der Waals surface area (Å²) in [6, 6.07) is 1.51. The molecule has 2 heterocycles. The predicted molar refractivity (Wildman–Crippen MR) is 49.7 cm³/mol. The second kappa shape index (κ2) is 3.64. The number of carboxylic acid groups (broad SMARTS) is 1. The van der Waals surface area contributed by atoms with Crippen molar-refractivity contribution in [2.24, 2.45) is 0 Å². The van der Waals surface area contributed by atoms with Gasteiger partial charge in [-0.2, -0.15) is 0 Å². The first kappa shape index (κ1) is 9.57. The van der Waals surface area contributed by atoms with Crippen molar-refractivity contribution < 1.29 is 19.4 Å². The van der Waals surface area contributed by atoms with Crippen LogP contribution in [0.15, 0.2) is 18.5 Å². The molecule has 0 radical (unpaired) electrons. The zero-order chi connectivity index (χ0) is 10.8. The van der Waals surface area contributed by atoms with Crippen molar-refractivity contribution in [3.63, 3.8) is 0 Å². The molecule has 1 amide bonds. The van der Waals surface area contributed by atoms with Crippen LogP contribution in [0, 0.1) is 0 Å². The summed E-state index contributed by atoms with van der Waals surface area (Å²) < 4.78 is 6.61. The summed E-state index contributed by atoms with van der Waals surface area (Å²) in [5.41, 5.74) is 0.229. The summed E-state index contributed by atoms with van der Waals surface area (Å²) in [4.78, 5) is 21.3. The number of cyclic esters (lactones) is 1. The van der Waals surface area contributed by atoms with Gasteiger partial charge in [-0.15, -0.1) is 0 Å². The lowest BCUT2D eigenvalue weighted by atomic mass is 10.3. The highest BCUT2D eigenvalue weighted by Gasteiger charge is 2.22. The Balaban J connectivity index is 1.99. The molecule has 1 atom stereocenters. The maximum Gasteiger partial charge on any atom is 0.407 e. The van der Waals surface area contributed by atoms with Gasteiger partial charge in [0.05, 0.1) is 18.7 Å². The lowest BCUT2D eigenvalue weighted by molar-refractivity contribution is 0.0696. The van der Waals surface area contributed by atoms with Crippen molar-refractivity contribution in [2.45, 2.75) is 12.6 Å². The van der Waals surface area contributed by atoms with Crippen LogP contribution in [0.25, 0.3) is 0 Å². The van der Waals surface area contributed by atoms with Crippen molar-refractivity contribution in [3.8, 4) is 0 Å². The van der Waals surface area contributed by atoms with E-state index >= 15 is 0 Å². The standard InChI is InChI=1S/C9H10N2O4/c12-8(13)6-1-2-11(4-6)5-7-3-10-9(14)15-7/h1-2,4,7H,3,5H2,(H,10,14)(H,12,13). The van der Waals surface area contributed by atoms with E-state index in [4.69, 9.17) is 9.84 Å². The fraction of sp³-hybridized carbons (Fsp3) is 0.333. The van der Waals surface area contributed by atoms with Crippen LogP contribution in [0.1, 0.15) is 10.4 Å². The van der Waals surface area contributed by atoms with Gasteiger partial charge >= 0.3 is 12.1 Å². The highest BCUT2D eigenvalue weighted by Crippen LogP contribution is 2.06. The molecule has 6 heteroatoms. The van der Waals surface area contributed by atoms with Crippen LogP contribution in [0.5, 0.6) is 0 Å². The Kier molecular flexibility index (Phi) is 2.32. The monoisotopic (exact) mass is 210 g/mol. The van der Waals surface area contributed by atoms with Crippen LogP contribution >= 0.6 is 0 Å². The van der Waals surface area contributed by atoms with Gasteiger partial charge in [0.1, 0.15) is 6.10 Å². The minimum absolute atomic E-state index is 0.229. The smallest absolute Gasteiger partial charge is 0.407 e. The van der Waals surface area contributed by atoms with Gasteiger partial charge in [-0.05, 0) is 6.07 Å². The first-order valence-corrected chi connectivity index (χ1v) is 4.49. The first-order valence-electron chi connectivity index (χ1n) is 4.49. The number of hydrogen-bond acceptors (Lipinski definition) is 3. The molecule has 1 fully saturated rings. The molecule has 1 aliphatic heterocycles. The molecule has 1 aromatic heterocycles. The number of amides is 1. The molecule has 0 spiro atoms. The largest absolute Gasteiger partial charge is 0.478 e. The Bertz CT molecular complexity index is 399. The third-order valence-corrected chi connectivity index (χ3v) is 2.16. The average Bonchev–Trinajstić information content (AvgIpc) is 2.76. The van der Waals surface area contributed by atoms with Crippen LogP contribution in [-0.4, -0.2) is 34.4 Å². The molecule has 2 N–H and O–H groups in total. The molecule has 0 bridgehead atoms. The lowest BCUT2D eigenvalue weighted by Crippen LogP contribution is -2.19. The molecule has 6 nitrogen and oxygen atoms in total. The zero-order valence-electron chi connectivity index (χ0n) is 7.84. The Morgan fingerprint density at radius 1 is 1.73 bits per heavy atom. The second-order valence-corrected chi connectivity index (χ2v) is 3.31. The van der Waals surface area contributed by atoms with Gasteiger partial charge in [0.2, 0.25) is 0 Å². The van der Waals surface area contributed by atoms with Crippen molar-refractivity contribution in [2.75, 3.05) is 6.54 Å². The lowest BCUT2D eigenvalue weighted by Gasteiger charge is -2.07. The molecular formula is C9H10N2O4. The first-order chi connectivity index (χ1) is 7.15. The van der Waals surface area contributed by atoms with Crippen LogP contribution in [0.4, 0.5) is 4.79 Å². The SMILES string of the molecule is O=C1NCC(Cn2ccc(C(=O)O)c2)O1. The van der Waals surface area contributed by atoms with Crippen molar-refractivity contribution in [3.05, 3.63) is 24.0 Å². The van der Waals surface area contributed by atoms with E-state index in [1.807, 2.05) is 0 Å². The molecule has 1 aliphatic rings. The summed E-state index contributed by atoms with van der Waals surface area (Å²) in [5.74, 6) is -0.963. The highest BCUT2D eigenvalue weighted by molar-refractivity contribution is 5.87. The number of rotatable bonds is 3. The van der Waals surface area contributed by atoms with Crippen LogP contribution in [0.2, 0.25) is 0 Å². The summed E-state index contributed by atoms with van der Waals surface area (Å²) in [6.45, 7) is 0.922. The minimum atomic E-state index is -0.963. The number of aromatic carboxylic acids is 1. The number of nitrogens with zero attached hydrogens (tertiary/aromatic N) is 1. The van der Waals surface area contributed by atoms with Crippen molar-refractivity contribution in [1.29, 1.82) is 0 Å². The number of carbonyl (C=O) groups excluding carboxylic acids is 1. The Morgan fingerprint density at radius 3 is 3.07 bits per heavy atom. The molecule has 1 saturated heterocycles. The Hall–Kier alpha value is -1.98. The van der Waals surface area contributed by atoms with E-state index in [0.29, 0.717) is 13.1 Å². The van der Waals surface area contributed by atoms with Crippen LogP contribution in [0.3, 0.4) is 0 Å².